The maximum absolute atomic E-state index is 12.1. The summed E-state index contributed by atoms with van der Waals surface area (Å²) < 4.78 is 5.10. The largest absolute Gasteiger partial charge is 0.462 e. The van der Waals surface area contributed by atoms with Crippen LogP contribution in [0.15, 0.2) is 66.9 Å². The zero-order valence-corrected chi connectivity index (χ0v) is 14.7. The lowest BCUT2D eigenvalue weighted by molar-refractivity contribution is 0.0527. The number of para-hydroxylation sites is 2. The fourth-order valence-electron chi connectivity index (χ4n) is 2.48. The molecule has 132 valence electrons. The number of nitrogens with zero attached hydrogens (tertiary/aromatic N) is 3. The Bertz CT molecular complexity index is 884. The van der Waals surface area contributed by atoms with Crippen LogP contribution in [0.1, 0.15) is 17.3 Å². The van der Waals surface area contributed by atoms with E-state index in [2.05, 4.69) is 15.3 Å². The third-order valence-corrected chi connectivity index (χ3v) is 3.80. The summed E-state index contributed by atoms with van der Waals surface area (Å²) in [5.41, 5.74) is 2.06. The molecule has 0 saturated carbocycles. The summed E-state index contributed by atoms with van der Waals surface area (Å²) in [6, 6.07) is 18.9. The molecule has 0 unspecified atom stereocenters. The van der Waals surface area contributed by atoms with E-state index in [0.29, 0.717) is 23.8 Å². The van der Waals surface area contributed by atoms with E-state index < -0.39 is 0 Å². The van der Waals surface area contributed by atoms with Crippen LogP contribution in [0.25, 0.3) is 0 Å². The van der Waals surface area contributed by atoms with Crippen LogP contribution in [-0.4, -0.2) is 29.6 Å². The van der Waals surface area contributed by atoms with Gasteiger partial charge in [-0.15, -0.1) is 0 Å². The molecule has 0 radical (unpaired) electrons. The summed E-state index contributed by atoms with van der Waals surface area (Å²) >= 11 is 0. The average Bonchev–Trinajstić information content (AvgIpc) is 2.69. The second-order valence-electron chi connectivity index (χ2n) is 5.52. The number of rotatable bonds is 6. The average molecular weight is 348 g/mol. The molecule has 0 aliphatic heterocycles. The molecule has 1 heterocycles. The highest BCUT2D eigenvalue weighted by atomic mass is 16.5. The minimum absolute atomic E-state index is 0.320. The van der Waals surface area contributed by atoms with E-state index in [-0.39, 0.29) is 5.97 Å². The van der Waals surface area contributed by atoms with E-state index in [0.717, 1.165) is 11.5 Å². The fraction of sp³-hybridized carbons (Fsp3) is 0.150. The number of ether oxygens (including phenoxy) is 1. The lowest BCUT2D eigenvalue weighted by atomic mass is 10.2. The lowest BCUT2D eigenvalue weighted by Gasteiger charge is -2.19. The molecular formula is C20H20N4O2. The van der Waals surface area contributed by atoms with Crippen LogP contribution in [0, 0.1) is 0 Å². The van der Waals surface area contributed by atoms with Crippen molar-refractivity contribution < 1.29 is 9.53 Å². The molecule has 6 nitrogen and oxygen atoms in total. The van der Waals surface area contributed by atoms with E-state index in [1.54, 1.807) is 31.3 Å². The molecule has 0 aliphatic rings. The van der Waals surface area contributed by atoms with Gasteiger partial charge in [-0.3, -0.25) is 0 Å². The standard InChI is InChI=1S/C20H20N4O2/c1-3-26-19(25)16-11-7-8-12-17(16)22-20-21-14-13-18(23-20)24(2)15-9-5-4-6-10-15/h4-14H,3H2,1-2H3,(H,21,22,23). The van der Waals surface area contributed by atoms with Gasteiger partial charge in [0.05, 0.1) is 17.9 Å². The molecule has 3 rings (SSSR count). The smallest absolute Gasteiger partial charge is 0.340 e. The highest BCUT2D eigenvalue weighted by molar-refractivity contribution is 5.96. The molecule has 2 aromatic carbocycles. The minimum atomic E-state index is -0.381. The third kappa shape index (κ3) is 3.97. The maximum Gasteiger partial charge on any atom is 0.340 e. The Morgan fingerprint density at radius 3 is 2.58 bits per heavy atom. The summed E-state index contributed by atoms with van der Waals surface area (Å²) in [7, 11) is 1.94. The number of esters is 1. The monoisotopic (exact) mass is 348 g/mol. The number of benzene rings is 2. The molecule has 0 saturated heterocycles. The predicted molar refractivity (Wildman–Crippen MR) is 102 cm³/mol. The molecule has 0 atom stereocenters. The van der Waals surface area contributed by atoms with Crippen molar-refractivity contribution >= 4 is 29.1 Å². The fourth-order valence-corrected chi connectivity index (χ4v) is 2.48. The highest BCUT2D eigenvalue weighted by Crippen LogP contribution is 2.24. The zero-order valence-electron chi connectivity index (χ0n) is 14.7. The van der Waals surface area contributed by atoms with Gasteiger partial charge in [0.25, 0.3) is 0 Å². The molecule has 0 fully saturated rings. The lowest BCUT2D eigenvalue weighted by Crippen LogP contribution is -2.13. The van der Waals surface area contributed by atoms with Gasteiger partial charge < -0.3 is 15.0 Å². The van der Waals surface area contributed by atoms with Crippen LogP contribution in [0.3, 0.4) is 0 Å². The first-order valence-corrected chi connectivity index (χ1v) is 8.34. The predicted octanol–water partition coefficient (Wildman–Crippen LogP) is 4.16. The summed E-state index contributed by atoms with van der Waals surface area (Å²) in [4.78, 5) is 22.9. The van der Waals surface area contributed by atoms with Gasteiger partial charge in [0.15, 0.2) is 0 Å². The van der Waals surface area contributed by atoms with Crippen LogP contribution >= 0.6 is 0 Å². The molecular weight excluding hydrogens is 328 g/mol. The molecule has 0 amide bonds. The van der Waals surface area contributed by atoms with E-state index in [1.807, 2.05) is 54.4 Å². The Hall–Kier alpha value is -3.41. The number of aromatic nitrogens is 2. The van der Waals surface area contributed by atoms with Crippen molar-refractivity contribution in [1.29, 1.82) is 0 Å². The SMILES string of the molecule is CCOC(=O)c1ccccc1Nc1nccc(N(C)c2ccccc2)n1. The summed E-state index contributed by atoms with van der Waals surface area (Å²) in [5, 5.41) is 3.11. The van der Waals surface area contributed by atoms with Gasteiger partial charge in [0.2, 0.25) is 5.95 Å². The Balaban J connectivity index is 1.85. The zero-order chi connectivity index (χ0) is 18.4. The Kier molecular flexibility index (Phi) is 5.43. The first-order valence-electron chi connectivity index (χ1n) is 8.34. The third-order valence-electron chi connectivity index (χ3n) is 3.80. The van der Waals surface area contributed by atoms with Crippen molar-refractivity contribution in [2.75, 3.05) is 23.9 Å². The van der Waals surface area contributed by atoms with Gasteiger partial charge in [-0.2, -0.15) is 4.98 Å². The first kappa shape index (κ1) is 17.4. The van der Waals surface area contributed by atoms with Crippen LogP contribution in [-0.2, 0) is 4.74 Å². The highest BCUT2D eigenvalue weighted by Gasteiger charge is 2.13. The van der Waals surface area contributed by atoms with Crippen molar-refractivity contribution in [2.45, 2.75) is 6.92 Å². The second kappa shape index (κ2) is 8.11. The number of carbonyl (C=O) groups is 1. The molecule has 26 heavy (non-hydrogen) atoms. The van der Waals surface area contributed by atoms with E-state index in [4.69, 9.17) is 4.74 Å². The van der Waals surface area contributed by atoms with E-state index in [9.17, 15) is 4.79 Å². The molecule has 0 bridgehead atoms. The quantitative estimate of drug-likeness (QED) is 0.675. The van der Waals surface area contributed by atoms with Crippen molar-refractivity contribution in [3.63, 3.8) is 0 Å². The second-order valence-corrected chi connectivity index (χ2v) is 5.52. The molecule has 1 aromatic heterocycles. The molecule has 0 spiro atoms. The van der Waals surface area contributed by atoms with Gasteiger partial charge in [0, 0.05) is 18.9 Å². The van der Waals surface area contributed by atoms with Gasteiger partial charge in [-0.05, 0) is 37.3 Å². The van der Waals surface area contributed by atoms with Gasteiger partial charge in [-0.1, -0.05) is 30.3 Å². The molecule has 1 N–H and O–H groups in total. The minimum Gasteiger partial charge on any atom is -0.462 e. The maximum atomic E-state index is 12.1. The van der Waals surface area contributed by atoms with E-state index in [1.165, 1.54) is 0 Å². The first-order chi connectivity index (χ1) is 12.7. The number of hydrogen-bond donors (Lipinski definition) is 1. The normalized spacial score (nSPS) is 10.2. The van der Waals surface area contributed by atoms with Crippen molar-refractivity contribution in [1.82, 2.24) is 9.97 Å². The Labute approximate surface area is 152 Å². The van der Waals surface area contributed by atoms with Gasteiger partial charge in [0.1, 0.15) is 5.82 Å². The number of nitrogens with one attached hydrogen (secondary N) is 1. The Morgan fingerprint density at radius 1 is 1.08 bits per heavy atom. The Morgan fingerprint density at radius 2 is 1.81 bits per heavy atom. The van der Waals surface area contributed by atoms with Crippen LogP contribution < -0.4 is 10.2 Å². The van der Waals surface area contributed by atoms with E-state index >= 15 is 0 Å². The van der Waals surface area contributed by atoms with Crippen molar-refractivity contribution in [3.8, 4) is 0 Å². The topological polar surface area (TPSA) is 67.3 Å². The van der Waals surface area contributed by atoms with Gasteiger partial charge >= 0.3 is 5.97 Å². The summed E-state index contributed by atoms with van der Waals surface area (Å²) in [6.45, 7) is 2.10. The summed E-state index contributed by atoms with van der Waals surface area (Å²) in [5.74, 6) is 0.762. The molecule has 6 heteroatoms. The van der Waals surface area contributed by atoms with Crippen LogP contribution in [0.2, 0.25) is 0 Å². The van der Waals surface area contributed by atoms with Gasteiger partial charge in [-0.25, -0.2) is 9.78 Å². The van der Waals surface area contributed by atoms with Crippen molar-refractivity contribution in [3.05, 3.63) is 72.4 Å². The van der Waals surface area contributed by atoms with Crippen LogP contribution in [0.4, 0.5) is 23.1 Å². The van der Waals surface area contributed by atoms with Crippen molar-refractivity contribution in [2.24, 2.45) is 0 Å². The summed E-state index contributed by atoms with van der Waals surface area (Å²) in [6.07, 6.45) is 1.68. The number of hydrogen-bond acceptors (Lipinski definition) is 6. The van der Waals surface area contributed by atoms with Crippen LogP contribution in [0.5, 0.6) is 0 Å². The number of carbonyl (C=O) groups excluding carboxylic acids is 1. The number of anilines is 4. The molecule has 3 aromatic rings. The molecule has 0 aliphatic carbocycles.